The number of hydrogen-bond donors (Lipinski definition) is 0. The van der Waals surface area contributed by atoms with Gasteiger partial charge < -0.3 is 4.42 Å². The van der Waals surface area contributed by atoms with E-state index >= 15 is 0 Å². The summed E-state index contributed by atoms with van der Waals surface area (Å²) in [5, 5.41) is 0. The van der Waals surface area contributed by atoms with Crippen LogP contribution in [0.3, 0.4) is 0 Å². The van der Waals surface area contributed by atoms with Crippen LogP contribution in [-0.2, 0) is 26.4 Å². The lowest BCUT2D eigenvalue weighted by Crippen LogP contribution is -2.41. The van der Waals surface area contributed by atoms with Crippen molar-refractivity contribution in [2.75, 3.05) is 11.5 Å². The van der Waals surface area contributed by atoms with E-state index in [2.05, 4.69) is 0 Å². The summed E-state index contributed by atoms with van der Waals surface area (Å²) in [5.41, 5.74) is 4.39. The van der Waals surface area contributed by atoms with Gasteiger partial charge in [0.15, 0.2) is 9.84 Å². The second kappa shape index (κ2) is 7.31. The van der Waals surface area contributed by atoms with E-state index in [1.165, 1.54) is 10.6 Å². The monoisotopic (exact) mass is 425 g/mol. The molecule has 6 nitrogen and oxygen atoms in total. The van der Waals surface area contributed by atoms with Gasteiger partial charge in [0.2, 0.25) is 10.0 Å². The molecule has 0 unspecified atom stereocenters. The van der Waals surface area contributed by atoms with E-state index in [0.29, 0.717) is 23.3 Å². The van der Waals surface area contributed by atoms with Crippen LogP contribution >= 0.6 is 0 Å². The summed E-state index contributed by atoms with van der Waals surface area (Å²) in [6.45, 7) is 9.49. The summed E-state index contributed by atoms with van der Waals surface area (Å²) in [4.78, 5) is 0.281. The number of rotatable bonds is 5. The molecule has 1 aliphatic heterocycles. The van der Waals surface area contributed by atoms with Crippen LogP contribution in [0.5, 0.6) is 0 Å². The molecule has 1 atom stereocenters. The average Bonchev–Trinajstić information content (AvgIpc) is 3.25. The molecule has 1 aromatic heterocycles. The van der Waals surface area contributed by atoms with E-state index < -0.39 is 25.9 Å². The van der Waals surface area contributed by atoms with Crippen molar-refractivity contribution in [3.63, 3.8) is 0 Å². The summed E-state index contributed by atoms with van der Waals surface area (Å²) in [6.07, 6.45) is 1.78. The number of furan rings is 1. The number of hydrogen-bond acceptors (Lipinski definition) is 5. The van der Waals surface area contributed by atoms with Crippen LogP contribution in [0, 0.1) is 34.6 Å². The van der Waals surface area contributed by atoms with E-state index in [9.17, 15) is 16.8 Å². The summed E-state index contributed by atoms with van der Waals surface area (Å²) in [7, 11) is -7.17. The fourth-order valence-corrected chi connectivity index (χ4v) is 7.95. The molecule has 8 heteroatoms. The van der Waals surface area contributed by atoms with Crippen LogP contribution in [0.1, 0.15) is 40.0 Å². The summed E-state index contributed by atoms with van der Waals surface area (Å²) >= 11 is 0. The summed E-state index contributed by atoms with van der Waals surface area (Å²) in [6, 6.07) is 2.81. The minimum absolute atomic E-state index is 0.00571. The van der Waals surface area contributed by atoms with Gasteiger partial charge in [-0.05, 0) is 81.0 Å². The molecule has 0 aliphatic carbocycles. The van der Waals surface area contributed by atoms with Crippen LogP contribution in [0.2, 0.25) is 0 Å². The lowest BCUT2D eigenvalue weighted by atomic mass is 9.95. The van der Waals surface area contributed by atoms with Crippen LogP contribution in [0.15, 0.2) is 27.7 Å². The molecular weight excluding hydrogens is 398 g/mol. The Balaban J connectivity index is 2.17. The van der Waals surface area contributed by atoms with Crippen molar-refractivity contribution in [3.8, 4) is 0 Å². The molecule has 1 saturated heterocycles. The highest BCUT2D eigenvalue weighted by Crippen LogP contribution is 2.34. The molecule has 1 fully saturated rings. The Hall–Kier alpha value is -1.64. The number of benzene rings is 1. The Morgan fingerprint density at radius 2 is 1.61 bits per heavy atom. The Kier molecular flexibility index (Phi) is 5.51. The molecule has 154 valence electrons. The lowest BCUT2D eigenvalue weighted by molar-refractivity contribution is 0.306. The number of sulfone groups is 1. The zero-order valence-electron chi connectivity index (χ0n) is 16.9. The number of nitrogens with zero attached hydrogens (tertiary/aromatic N) is 1. The number of sulfonamides is 1. The quantitative estimate of drug-likeness (QED) is 0.734. The molecule has 2 heterocycles. The molecule has 0 amide bonds. The second-order valence-corrected chi connectivity index (χ2v) is 11.7. The van der Waals surface area contributed by atoms with Gasteiger partial charge in [0.25, 0.3) is 0 Å². The molecule has 0 radical (unpaired) electrons. The van der Waals surface area contributed by atoms with E-state index in [0.717, 1.165) is 16.7 Å². The van der Waals surface area contributed by atoms with E-state index in [1.54, 1.807) is 12.1 Å². The largest absolute Gasteiger partial charge is 0.468 e. The summed E-state index contributed by atoms with van der Waals surface area (Å²) in [5.74, 6) is 0.337. The molecule has 0 spiro atoms. The van der Waals surface area contributed by atoms with Gasteiger partial charge in [-0.3, -0.25) is 0 Å². The minimum Gasteiger partial charge on any atom is -0.468 e. The van der Waals surface area contributed by atoms with Gasteiger partial charge in [0, 0.05) is 6.04 Å². The second-order valence-electron chi connectivity index (χ2n) is 7.64. The van der Waals surface area contributed by atoms with Crippen molar-refractivity contribution < 1.29 is 21.3 Å². The van der Waals surface area contributed by atoms with Gasteiger partial charge in [-0.2, -0.15) is 4.31 Å². The Morgan fingerprint density at radius 3 is 2.07 bits per heavy atom. The molecule has 1 aromatic carbocycles. The first kappa shape index (κ1) is 21.1. The maximum Gasteiger partial charge on any atom is 0.244 e. The lowest BCUT2D eigenvalue weighted by Gasteiger charge is -2.29. The van der Waals surface area contributed by atoms with E-state index in [4.69, 9.17) is 4.42 Å². The normalized spacial score (nSPS) is 19.4. The van der Waals surface area contributed by atoms with Gasteiger partial charge in [0.05, 0.1) is 29.2 Å². The van der Waals surface area contributed by atoms with Gasteiger partial charge in [-0.25, -0.2) is 16.8 Å². The zero-order chi connectivity index (χ0) is 20.9. The molecule has 1 aliphatic rings. The van der Waals surface area contributed by atoms with Crippen molar-refractivity contribution in [2.45, 2.75) is 58.5 Å². The van der Waals surface area contributed by atoms with Crippen molar-refractivity contribution in [1.82, 2.24) is 4.31 Å². The third-order valence-corrected chi connectivity index (χ3v) is 9.93. The fraction of sp³-hybridized carbons (Fsp3) is 0.500. The third kappa shape index (κ3) is 3.65. The maximum absolute atomic E-state index is 13.8. The highest BCUT2D eigenvalue weighted by atomic mass is 32.2. The highest BCUT2D eigenvalue weighted by molar-refractivity contribution is 7.92. The van der Waals surface area contributed by atoms with Gasteiger partial charge >= 0.3 is 0 Å². The van der Waals surface area contributed by atoms with Crippen LogP contribution in [0.25, 0.3) is 0 Å². The molecular formula is C20H27NO5S2. The Bertz CT molecular complexity index is 1070. The SMILES string of the molecule is Cc1c(C)c(C)c(S(=O)(=O)N(Cc2ccco2)[C@H]2CCS(=O)(=O)C2)c(C)c1C. The molecule has 0 saturated carbocycles. The Labute approximate surface area is 167 Å². The van der Waals surface area contributed by atoms with Crippen molar-refractivity contribution >= 4 is 19.9 Å². The van der Waals surface area contributed by atoms with E-state index in [-0.39, 0.29) is 22.9 Å². The average molecular weight is 426 g/mol. The molecule has 3 rings (SSSR count). The molecule has 0 bridgehead atoms. The minimum atomic E-state index is -3.92. The van der Waals surface area contributed by atoms with Gasteiger partial charge in [-0.1, -0.05) is 0 Å². The Morgan fingerprint density at radius 1 is 1.04 bits per heavy atom. The predicted octanol–water partition coefficient (Wildman–Crippen LogP) is 3.20. The summed E-state index contributed by atoms with van der Waals surface area (Å²) < 4.78 is 58.4. The molecule has 2 aromatic rings. The van der Waals surface area contributed by atoms with Crippen LogP contribution in [0.4, 0.5) is 0 Å². The van der Waals surface area contributed by atoms with Crippen LogP contribution in [-0.4, -0.2) is 38.7 Å². The highest BCUT2D eigenvalue weighted by Gasteiger charge is 2.40. The van der Waals surface area contributed by atoms with Crippen LogP contribution < -0.4 is 0 Å². The van der Waals surface area contributed by atoms with Crippen molar-refractivity contribution in [1.29, 1.82) is 0 Å². The molecule has 0 N–H and O–H groups in total. The van der Waals surface area contributed by atoms with Gasteiger partial charge in [0.1, 0.15) is 5.76 Å². The van der Waals surface area contributed by atoms with Crippen molar-refractivity contribution in [3.05, 3.63) is 52.0 Å². The maximum atomic E-state index is 13.8. The van der Waals surface area contributed by atoms with Crippen molar-refractivity contribution in [2.24, 2.45) is 0 Å². The zero-order valence-corrected chi connectivity index (χ0v) is 18.6. The first-order valence-corrected chi connectivity index (χ1v) is 12.5. The predicted molar refractivity (Wildman–Crippen MR) is 109 cm³/mol. The van der Waals surface area contributed by atoms with Gasteiger partial charge in [-0.15, -0.1) is 0 Å². The topological polar surface area (TPSA) is 84.7 Å². The smallest absolute Gasteiger partial charge is 0.244 e. The third-order valence-electron chi connectivity index (χ3n) is 6.01. The fourth-order valence-electron chi connectivity index (χ4n) is 3.94. The molecule has 28 heavy (non-hydrogen) atoms. The first-order chi connectivity index (χ1) is 13.0. The standard InChI is InChI=1S/C20H27NO5S2/c1-13-14(2)16(4)20(17(5)15(13)3)28(24,25)21(11-19-7-6-9-26-19)18-8-10-27(22,23)12-18/h6-7,9,18H,8,10-12H2,1-5H3/t18-/m0/s1. The first-order valence-electron chi connectivity index (χ1n) is 9.27. The van der Waals surface area contributed by atoms with E-state index in [1.807, 2.05) is 34.6 Å².